The van der Waals surface area contributed by atoms with E-state index < -0.39 is 0 Å². The van der Waals surface area contributed by atoms with E-state index in [1.165, 1.54) is 5.56 Å². The summed E-state index contributed by atoms with van der Waals surface area (Å²) in [6, 6.07) is 10.7. The molecule has 0 spiro atoms. The first-order valence-corrected chi connectivity index (χ1v) is 6.97. The van der Waals surface area contributed by atoms with Crippen LogP contribution in [-0.2, 0) is 11.3 Å². The summed E-state index contributed by atoms with van der Waals surface area (Å²) < 4.78 is 5.73. The van der Waals surface area contributed by atoms with Gasteiger partial charge in [0, 0.05) is 26.2 Å². The van der Waals surface area contributed by atoms with E-state index in [-0.39, 0.29) is 0 Å². The van der Waals surface area contributed by atoms with Crippen LogP contribution in [0.15, 0.2) is 30.3 Å². The van der Waals surface area contributed by atoms with Gasteiger partial charge in [-0.05, 0) is 18.5 Å². The van der Waals surface area contributed by atoms with Crippen LogP contribution in [0.2, 0.25) is 0 Å². The van der Waals surface area contributed by atoms with Gasteiger partial charge in [-0.3, -0.25) is 4.90 Å². The van der Waals surface area contributed by atoms with Gasteiger partial charge in [0.1, 0.15) is 0 Å². The second-order valence-electron chi connectivity index (χ2n) is 4.84. The molecule has 0 aliphatic carbocycles. The van der Waals surface area contributed by atoms with Gasteiger partial charge in [-0.2, -0.15) is 0 Å². The van der Waals surface area contributed by atoms with Crippen LogP contribution in [0.3, 0.4) is 0 Å². The van der Waals surface area contributed by atoms with E-state index in [1.54, 1.807) is 0 Å². The van der Waals surface area contributed by atoms with Crippen molar-refractivity contribution in [3.8, 4) is 0 Å². The zero-order valence-corrected chi connectivity index (χ0v) is 11.3. The number of nitrogens with zero attached hydrogens (tertiary/aromatic N) is 1. The van der Waals surface area contributed by atoms with Gasteiger partial charge in [-0.15, -0.1) is 0 Å². The predicted molar refractivity (Wildman–Crippen MR) is 74.6 cm³/mol. The molecule has 1 aromatic rings. The van der Waals surface area contributed by atoms with Gasteiger partial charge < -0.3 is 10.1 Å². The molecule has 3 heteroatoms. The monoisotopic (exact) mass is 248 g/mol. The average molecular weight is 248 g/mol. The van der Waals surface area contributed by atoms with Gasteiger partial charge in [0.15, 0.2) is 0 Å². The van der Waals surface area contributed by atoms with E-state index in [4.69, 9.17) is 4.74 Å². The van der Waals surface area contributed by atoms with Crippen molar-refractivity contribution in [3.63, 3.8) is 0 Å². The Balaban J connectivity index is 1.75. The molecule has 0 amide bonds. The van der Waals surface area contributed by atoms with Crippen LogP contribution in [0, 0.1) is 0 Å². The summed E-state index contributed by atoms with van der Waals surface area (Å²) in [5, 5.41) is 3.38. The summed E-state index contributed by atoms with van der Waals surface area (Å²) in [6.07, 6.45) is 1.51. The smallest absolute Gasteiger partial charge is 0.0712 e. The fourth-order valence-electron chi connectivity index (χ4n) is 2.32. The zero-order chi connectivity index (χ0) is 12.6. The fourth-order valence-corrected chi connectivity index (χ4v) is 2.32. The van der Waals surface area contributed by atoms with Crippen LogP contribution >= 0.6 is 0 Å². The van der Waals surface area contributed by atoms with Crippen LogP contribution in [0.5, 0.6) is 0 Å². The fraction of sp³-hybridized carbons (Fsp3) is 0.600. The Morgan fingerprint density at radius 1 is 1.33 bits per heavy atom. The minimum atomic E-state index is 0.392. The molecule has 1 aliphatic rings. The van der Waals surface area contributed by atoms with Gasteiger partial charge in [-0.1, -0.05) is 37.3 Å². The first-order valence-electron chi connectivity index (χ1n) is 6.97. The Hall–Kier alpha value is -0.900. The van der Waals surface area contributed by atoms with Crippen molar-refractivity contribution in [1.29, 1.82) is 0 Å². The van der Waals surface area contributed by atoms with E-state index in [2.05, 4.69) is 47.5 Å². The number of hydrogen-bond acceptors (Lipinski definition) is 3. The molecule has 1 atom stereocenters. The standard InChI is InChI=1S/C15H24N2O/c1-2-17(13-14-6-4-3-5-7-14)10-8-15-12-16-9-11-18-15/h3-7,15-16H,2,8-13H2,1H3. The second-order valence-corrected chi connectivity index (χ2v) is 4.84. The van der Waals surface area contributed by atoms with Gasteiger partial charge in [-0.25, -0.2) is 0 Å². The van der Waals surface area contributed by atoms with E-state index in [0.29, 0.717) is 6.10 Å². The average Bonchev–Trinajstić information content (AvgIpc) is 2.45. The molecule has 0 saturated carbocycles. The number of rotatable bonds is 6. The summed E-state index contributed by atoms with van der Waals surface area (Å²) in [7, 11) is 0. The van der Waals surface area contributed by atoms with Crippen molar-refractivity contribution in [2.24, 2.45) is 0 Å². The van der Waals surface area contributed by atoms with Crippen molar-refractivity contribution in [2.75, 3.05) is 32.8 Å². The highest BCUT2D eigenvalue weighted by Crippen LogP contribution is 2.07. The molecule has 1 aliphatic heterocycles. The lowest BCUT2D eigenvalue weighted by Crippen LogP contribution is -2.40. The number of nitrogens with one attached hydrogen (secondary N) is 1. The molecule has 1 N–H and O–H groups in total. The van der Waals surface area contributed by atoms with E-state index in [0.717, 1.165) is 45.8 Å². The van der Waals surface area contributed by atoms with Crippen LogP contribution in [-0.4, -0.2) is 43.8 Å². The van der Waals surface area contributed by atoms with Gasteiger partial charge in [0.25, 0.3) is 0 Å². The molecule has 0 bridgehead atoms. The summed E-state index contributed by atoms with van der Waals surface area (Å²) in [6.45, 7) is 8.32. The number of ether oxygens (including phenoxy) is 1. The van der Waals surface area contributed by atoms with E-state index in [1.807, 2.05) is 0 Å². The first-order chi connectivity index (χ1) is 8.88. The molecule has 18 heavy (non-hydrogen) atoms. The van der Waals surface area contributed by atoms with Crippen molar-refractivity contribution < 1.29 is 4.74 Å². The van der Waals surface area contributed by atoms with Crippen LogP contribution in [0.1, 0.15) is 18.9 Å². The molecule has 1 heterocycles. The lowest BCUT2D eigenvalue weighted by atomic mass is 10.2. The Labute approximate surface area is 110 Å². The highest BCUT2D eigenvalue weighted by Gasteiger charge is 2.14. The molecule has 3 nitrogen and oxygen atoms in total. The number of hydrogen-bond donors (Lipinski definition) is 1. The van der Waals surface area contributed by atoms with Crippen molar-refractivity contribution in [1.82, 2.24) is 10.2 Å². The van der Waals surface area contributed by atoms with Gasteiger partial charge in [0.05, 0.1) is 12.7 Å². The quantitative estimate of drug-likeness (QED) is 0.832. The summed E-state index contributed by atoms with van der Waals surface area (Å²) in [5.41, 5.74) is 1.39. The summed E-state index contributed by atoms with van der Waals surface area (Å²) >= 11 is 0. The highest BCUT2D eigenvalue weighted by atomic mass is 16.5. The van der Waals surface area contributed by atoms with Crippen molar-refractivity contribution in [2.45, 2.75) is 26.0 Å². The lowest BCUT2D eigenvalue weighted by molar-refractivity contribution is 0.0172. The van der Waals surface area contributed by atoms with Crippen LogP contribution < -0.4 is 5.32 Å². The molecule has 100 valence electrons. The SMILES string of the molecule is CCN(CCC1CNCCO1)Cc1ccccc1. The molecular formula is C15H24N2O. The third-order valence-electron chi connectivity index (χ3n) is 3.47. The first kappa shape index (κ1) is 13.5. The zero-order valence-electron chi connectivity index (χ0n) is 11.3. The Morgan fingerprint density at radius 3 is 2.83 bits per heavy atom. The Kier molecular flexibility index (Phi) is 5.65. The highest BCUT2D eigenvalue weighted by molar-refractivity contribution is 5.14. The van der Waals surface area contributed by atoms with Crippen LogP contribution in [0.25, 0.3) is 0 Å². The number of morpholine rings is 1. The third-order valence-corrected chi connectivity index (χ3v) is 3.47. The molecule has 1 unspecified atom stereocenters. The largest absolute Gasteiger partial charge is 0.376 e. The molecular weight excluding hydrogens is 224 g/mol. The second kappa shape index (κ2) is 7.52. The molecule has 1 fully saturated rings. The molecule has 1 saturated heterocycles. The Bertz CT molecular complexity index is 323. The molecule has 0 radical (unpaired) electrons. The summed E-state index contributed by atoms with van der Waals surface area (Å²) in [4.78, 5) is 2.48. The maximum Gasteiger partial charge on any atom is 0.0712 e. The van der Waals surface area contributed by atoms with Gasteiger partial charge in [0.2, 0.25) is 0 Å². The Morgan fingerprint density at radius 2 is 2.17 bits per heavy atom. The lowest BCUT2D eigenvalue weighted by Gasteiger charge is -2.27. The maximum absolute atomic E-state index is 5.73. The minimum Gasteiger partial charge on any atom is -0.376 e. The summed E-state index contributed by atoms with van der Waals surface area (Å²) in [5.74, 6) is 0. The maximum atomic E-state index is 5.73. The van der Waals surface area contributed by atoms with Crippen LogP contribution in [0.4, 0.5) is 0 Å². The molecule has 1 aromatic carbocycles. The van der Waals surface area contributed by atoms with E-state index in [9.17, 15) is 0 Å². The normalized spacial score (nSPS) is 20.2. The topological polar surface area (TPSA) is 24.5 Å². The molecule has 0 aromatic heterocycles. The van der Waals surface area contributed by atoms with Crippen molar-refractivity contribution >= 4 is 0 Å². The van der Waals surface area contributed by atoms with E-state index >= 15 is 0 Å². The predicted octanol–water partition coefficient (Wildman–Crippen LogP) is 1.89. The third kappa shape index (κ3) is 4.41. The number of benzene rings is 1. The van der Waals surface area contributed by atoms with Crippen molar-refractivity contribution in [3.05, 3.63) is 35.9 Å². The van der Waals surface area contributed by atoms with Gasteiger partial charge >= 0.3 is 0 Å². The molecule has 2 rings (SSSR count). The minimum absolute atomic E-state index is 0.392.